The number of piperidine rings is 1. The standard InChI is InChI=1S/C30H45N3O4/c1-22(32(2)3)17-25-19-27(24-8-10-26(35-5)11-9-24)30(20-31-25)37-21-23-7-12-29-28(18-23)33(14-16-36-29)13-6-15-34-4/h7-12,18,22,25,27,30-31H,6,13-17,19-21H2,1-5H3/t22-,25+,27-,30+/m1/s1. The van der Waals surface area contributed by atoms with Gasteiger partial charge in [-0.25, -0.2) is 0 Å². The third kappa shape index (κ3) is 7.38. The molecule has 2 aliphatic heterocycles. The third-order valence-corrected chi connectivity index (χ3v) is 7.87. The molecule has 0 aliphatic carbocycles. The zero-order chi connectivity index (χ0) is 26.2. The maximum Gasteiger partial charge on any atom is 0.142 e. The van der Waals surface area contributed by atoms with Crippen LogP contribution in [0.1, 0.15) is 43.2 Å². The monoisotopic (exact) mass is 511 g/mol. The van der Waals surface area contributed by atoms with E-state index in [0.717, 1.165) is 69.3 Å². The number of rotatable bonds is 12. The molecule has 7 heteroatoms. The van der Waals surface area contributed by atoms with Gasteiger partial charge in [0.15, 0.2) is 0 Å². The van der Waals surface area contributed by atoms with E-state index in [1.54, 1.807) is 14.2 Å². The second-order valence-corrected chi connectivity index (χ2v) is 10.6. The Balaban J connectivity index is 1.45. The van der Waals surface area contributed by atoms with Gasteiger partial charge in [0.2, 0.25) is 0 Å². The minimum Gasteiger partial charge on any atom is -0.497 e. The van der Waals surface area contributed by atoms with E-state index in [1.807, 2.05) is 0 Å². The zero-order valence-corrected chi connectivity index (χ0v) is 23.2. The van der Waals surface area contributed by atoms with Gasteiger partial charge in [-0.3, -0.25) is 0 Å². The average Bonchev–Trinajstić information content (AvgIpc) is 2.92. The van der Waals surface area contributed by atoms with Gasteiger partial charge in [0.1, 0.15) is 18.1 Å². The summed E-state index contributed by atoms with van der Waals surface area (Å²) in [5.74, 6) is 2.18. The first-order valence-electron chi connectivity index (χ1n) is 13.6. The highest BCUT2D eigenvalue weighted by Gasteiger charge is 2.33. The summed E-state index contributed by atoms with van der Waals surface area (Å²) in [6, 6.07) is 16.0. The van der Waals surface area contributed by atoms with Crippen molar-refractivity contribution < 1.29 is 18.9 Å². The average molecular weight is 512 g/mol. The van der Waals surface area contributed by atoms with Gasteiger partial charge in [-0.2, -0.15) is 0 Å². The van der Waals surface area contributed by atoms with E-state index in [0.29, 0.717) is 24.6 Å². The molecule has 0 spiro atoms. The van der Waals surface area contributed by atoms with Gasteiger partial charge in [-0.1, -0.05) is 18.2 Å². The van der Waals surface area contributed by atoms with Crippen molar-refractivity contribution >= 4 is 5.69 Å². The zero-order valence-electron chi connectivity index (χ0n) is 23.2. The van der Waals surface area contributed by atoms with E-state index in [1.165, 1.54) is 11.1 Å². The van der Waals surface area contributed by atoms with Crippen molar-refractivity contribution in [3.05, 3.63) is 53.6 Å². The molecule has 2 aromatic rings. The molecular formula is C30H45N3O4. The van der Waals surface area contributed by atoms with Gasteiger partial charge >= 0.3 is 0 Å². The summed E-state index contributed by atoms with van der Waals surface area (Å²) in [6.45, 7) is 7.08. The quantitative estimate of drug-likeness (QED) is 0.427. The van der Waals surface area contributed by atoms with E-state index >= 15 is 0 Å². The van der Waals surface area contributed by atoms with Crippen LogP contribution in [0.15, 0.2) is 42.5 Å². The lowest BCUT2D eigenvalue weighted by Gasteiger charge is -2.39. The van der Waals surface area contributed by atoms with Crippen molar-refractivity contribution in [1.29, 1.82) is 0 Å². The van der Waals surface area contributed by atoms with Crippen molar-refractivity contribution in [3.8, 4) is 11.5 Å². The summed E-state index contributed by atoms with van der Waals surface area (Å²) in [5, 5.41) is 3.78. The predicted molar refractivity (Wildman–Crippen MR) is 149 cm³/mol. The van der Waals surface area contributed by atoms with Crippen LogP contribution < -0.4 is 19.7 Å². The molecule has 0 amide bonds. The molecule has 4 atom stereocenters. The van der Waals surface area contributed by atoms with Crippen LogP contribution >= 0.6 is 0 Å². The van der Waals surface area contributed by atoms with Crippen molar-refractivity contribution in [2.45, 2.75) is 56.9 Å². The molecule has 2 heterocycles. The Bertz CT molecular complexity index is 968. The van der Waals surface area contributed by atoms with Gasteiger partial charge in [0.25, 0.3) is 0 Å². The minimum absolute atomic E-state index is 0.101. The number of ether oxygens (including phenoxy) is 4. The van der Waals surface area contributed by atoms with Crippen LogP contribution in [0.5, 0.6) is 11.5 Å². The fraction of sp³-hybridized carbons (Fsp3) is 0.600. The smallest absolute Gasteiger partial charge is 0.142 e. The molecule has 0 aromatic heterocycles. The predicted octanol–water partition coefficient (Wildman–Crippen LogP) is 4.30. The van der Waals surface area contributed by atoms with Gasteiger partial charge in [0.05, 0.1) is 32.1 Å². The maximum absolute atomic E-state index is 6.63. The molecule has 204 valence electrons. The molecule has 2 aliphatic rings. The maximum atomic E-state index is 6.63. The van der Waals surface area contributed by atoms with E-state index in [2.05, 4.69) is 78.6 Å². The first-order valence-corrected chi connectivity index (χ1v) is 13.6. The van der Waals surface area contributed by atoms with E-state index in [4.69, 9.17) is 18.9 Å². The fourth-order valence-corrected chi connectivity index (χ4v) is 5.39. The molecule has 1 fully saturated rings. The first kappa shape index (κ1) is 27.7. The van der Waals surface area contributed by atoms with Crippen LogP contribution in [0.2, 0.25) is 0 Å². The Morgan fingerprint density at radius 3 is 2.68 bits per heavy atom. The molecule has 0 unspecified atom stereocenters. The lowest BCUT2D eigenvalue weighted by Crippen LogP contribution is -2.49. The summed E-state index contributed by atoms with van der Waals surface area (Å²) < 4.78 is 23.2. The highest BCUT2D eigenvalue weighted by atomic mass is 16.5. The lowest BCUT2D eigenvalue weighted by atomic mass is 9.82. The lowest BCUT2D eigenvalue weighted by molar-refractivity contribution is 0.000780. The molecule has 0 radical (unpaired) electrons. The number of nitrogens with one attached hydrogen (secondary N) is 1. The summed E-state index contributed by atoms with van der Waals surface area (Å²) in [5.41, 5.74) is 3.66. The van der Waals surface area contributed by atoms with Crippen LogP contribution in [-0.2, 0) is 16.1 Å². The number of anilines is 1. The number of fused-ring (bicyclic) bond motifs is 1. The van der Waals surface area contributed by atoms with Crippen molar-refractivity contribution in [3.63, 3.8) is 0 Å². The number of hydrogen-bond donors (Lipinski definition) is 1. The molecule has 0 bridgehead atoms. The molecule has 1 N–H and O–H groups in total. The Hall–Kier alpha value is -2.32. The second-order valence-electron chi connectivity index (χ2n) is 10.6. The highest BCUT2D eigenvalue weighted by Crippen LogP contribution is 2.35. The van der Waals surface area contributed by atoms with Crippen molar-refractivity contribution in [1.82, 2.24) is 10.2 Å². The van der Waals surface area contributed by atoms with Crippen molar-refractivity contribution in [2.75, 3.05) is 66.1 Å². The van der Waals surface area contributed by atoms with Crippen LogP contribution in [0, 0.1) is 0 Å². The Kier molecular flexibility index (Phi) is 10.1. The molecule has 7 nitrogen and oxygen atoms in total. The molecule has 1 saturated heterocycles. The van der Waals surface area contributed by atoms with Crippen molar-refractivity contribution in [2.24, 2.45) is 0 Å². The molecular weight excluding hydrogens is 466 g/mol. The number of methoxy groups -OCH3 is 2. The summed E-state index contributed by atoms with van der Waals surface area (Å²) >= 11 is 0. The SMILES string of the molecule is COCCCN1CCOc2ccc(CO[C@H]3CN[C@@H](C[C@@H](C)N(C)C)C[C@@H]3c3ccc(OC)cc3)cc21. The summed E-state index contributed by atoms with van der Waals surface area (Å²) in [7, 11) is 7.78. The van der Waals surface area contributed by atoms with Crippen LogP contribution in [0.4, 0.5) is 5.69 Å². The summed E-state index contributed by atoms with van der Waals surface area (Å²) in [6.07, 6.45) is 3.28. The minimum atomic E-state index is 0.101. The number of hydrogen-bond acceptors (Lipinski definition) is 7. The largest absolute Gasteiger partial charge is 0.497 e. The Labute approximate surface area is 223 Å². The van der Waals surface area contributed by atoms with Crippen LogP contribution in [-0.4, -0.2) is 84.3 Å². The van der Waals surface area contributed by atoms with Crippen LogP contribution in [0.25, 0.3) is 0 Å². The van der Waals surface area contributed by atoms with E-state index in [-0.39, 0.29) is 6.10 Å². The van der Waals surface area contributed by atoms with Gasteiger partial charge in [0, 0.05) is 44.8 Å². The van der Waals surface area contributed by atoms with E-state index in [9.17, 15) is 0 Å². The van der Waals surface area contributed by atoms with Gasteiger partial charge < -0.3 is 34.1 Å². The third-order valence-electron chi connectivity index (χ3n) is 7.87. The topological polar surface area (TPSA) is 55.4 Å². The van der Waals surface area contributed by atoms with E-state index < -0.39 is 0 Å². The van der Waals surface area contributed by atoms with Crippen LogP contribution in [0.3, 0.4) is 0 Å². The second kappa shape index (κ2) is 13.5. The van der Waals surface area contributed by atoms with Gasteiger partial charge in [-0.15, -0.1) is 0 Å². The number of nitrogens with zero attached hydrogens (tertiary/aromatic N) is 2. The number of benzene rings is 2. The van der Waals surface area contributed by atoms with Gasteiger partial charge in [-0.05, 0) is 75.7 Å². The molecule has 4 rings (SSSR count). The molecule has 37 heavy (non-hydrogen) atoms. The fourth-order valence-electron chi connectivity index (χ4n) is 5.39. The summed E-state index contributed by atoms with van der Waals surface area (Å²) in [4.78, 5) is 4.70. The first-order chi connectivity index (χ1) is 18.0. The normalized spacial score (nSPS) is 22.4. The Morgan fingerprint density at radius 2 is 1.95 bits per heavy atom. The highest BCUT2D eigenvalue weighted by molar-refractivity contribution is 5.61. The molecule has 2 aromatic carbocycles. The molecule has 0 saturated carbocycles. The Morgan fingerprint density at radius 1 is 1.14 bits per heavy atom.